The molecule has 9 aromatic rings. The SMILES string of the molecule is c1ccc(C2(c3ccccc3)c3ccc4ccccc4c3-c3c2cc(-c2cccc(-c4cccnc4)c2)c2c3oc3ccccc32)cc1. The van der Waals surface area contributed by atoms with E-state index in [9.17, 15) is 0 Å². The maximum absolute atomic E-state index is 7.03. The van der Waals surface area contributed by atoms with Gasteiger partial charge in [0, 0.05) is 34.3 Å². The van der Waals surface area contributed by atoms with Crippen molar-refractivity contribution in [3.05, 3.63) is 198 Å². The van der Waals surface area contributed by atoms with Crippen LogP contribution in [0.3, 0.4) is 0 Å². The van der Waals surface area contributed by atoms with Gasteiger partial charge in [0.05, 0.1) is 5.41 Å². The molecule has 224 valence electrons. The van der Waals surface area contributed by atoms with Gasteiger partial charge in [0.25, 0.3) is 0 Å². The van der Waals surface area contributed by atoms with E-state index in [1.807, 2.05) is 18.5 Å². The van der Waals surface area contributed by atoms with Crippen LogP contribution >= 0.6 is 0 Å². The minimum Gasteiger partial charge on any atom is -0.455 e. The molecule has 2 nitrogen and oxygen atoms in total. The fraction of sp³-hybridized carbons (Fsp3) is 0.0217. The number of hydrogen-bond acceptors (Lipinski definition) is 2. The summed E-state index contributed by atoms with van der Waals surface area (Å²) in [7, 11) is 0. The van der Waals surface area contributed by atoms with E-state index in [0.717, 1.165) is 44.2 Å². The molecule has 0 bridgehead atoms. The molecule has 0 spiro atoms. The van der Waals surface area contributed by atoms with Gasteiger partial charge in [-0.3, -0.25) is 4.98 Å². The summed E-state index contributed by atoms with van der Waals surface area (Å²) in [5.41, 5.74) is 13.2. The monoisotopic (exact) mass is 611 g/mol. The lowest BCUT2D eigenvalue weighted by Crippen LogP contribution is -2.28. The molecule has 1 aliphatic rings. The van der Waals surface area contributed by atoms with Crippen molar-refractivity contribution in [3.63, 3.8) is 0 Å². The van der Waals surface area contributed by atoms with Crippen molar-refractivity contribution in [1.82, 2.24) is 4.98 Å². The minimum atomic E-state index is -0.569. The van der Waals surface area contributed by atoms with Crippen LogP contribution in [-0.2, 0) is 5.41 Å². The van der Waals surface area contributed by atoms with E-state index in [1.54, 1.807) is 0 Å². The van der Waals surface area contributed by atoms with Crippen molar-refractivity contribution in [2.24, 2.45) is 0 Å². The number of aromatic nitrogens is 1. The molecule has 0 N–H and O–H groups in total. The molecule has 0 fully saturated rings. The van der Waals surface area contributed by atoms with E-state index in [1.165, 1.54) is 44.2 Å². The van der Waals surface area contributed by atoms with Crippen molar-refractivity contribution >= 4 is 32.7 Å². The Kier molecular flexibility index (Phi) is 5.82. The first-order valence-electron chi connectivity index (χ1n) is 16.5. The second-order valence-corrected chi connectivity index (χ2v) is 12.7. The summed E-state index contributed by atoms with van der Waals surface area (Å²) in [6.45, 7) is 0. The molecule has 48 heavy (non-hydrogen) atoms. The number of rotatable bonds is 4. The van der Waals surface area contributed by atoms with Crippen LogP contribution in [0.2, 0.25) is 0 Å². The zero-order valence-electron chi connectivity index (χ0n) is 26.1. The number of fused-ring (bicyclic) bond motifs is 9. The molecule has 0 atom stereocenters. The molecule has 0 unspecified atom stereocenters. The molecule has 0 amide bonds. The molecule has 2 aromatic heterocycles. The van der Waals surface area contributed by atoms with Crippen molar-refractivity contribution < 1.29 is 4.42 Å². The fourth-order valence-corrected chi connectivity index (χ4v) is 8.23. The molecule has 0 radical (unpaired) electrons. The van der Waals surface area contributed by atoms with E-state index >= 15 is 0 Å². The van der Waals surface area contributed by atoms with Gasteiger partial charge < -0.3 is 4.42 Å². The highest BCUT2D eigenvalue weighted by Gasteiger charge is 2.48. The van der Waals surface area contributed by atoms with Gasteiger partial charge in [-0.25, -0.2) is 0 Å². The van der Waals surface area contributed by atoms with Gasteiger partial charge in [-0.1, -0.05) is 140 Å². The van der Waals surface area contributed by atoms with Crippen LogP contribution in [0.25, 0.3) is 66.1 Å². The van der Waals surface area contributed by atoms with Crippen molar-refractivity contribution in [2.75, 3.05) is 0 Å². The molecule has 0 saturated carbocycles. The van der Waals surface area contributed by atoms with Crippen molar-refractivity contribution in [3.8, 4) is 33.4 Å². The Morgan fingerprint density at radius 3 is 1.94 bits per heavy atom. The van der Waals surface area contributed by atoms with Crippen LogP contribution in [0.5, 0.6) is 0 Å². The third-order valence-corrected chi connectivity index (χ3v) is 10.2. The lowest BCUT2D eigenvalue weighted by molar-refractivity contribution is 0.669. The minimum absolute atomic E-state index is 0.569. The van der Waals surface area contributed by atoms with E-state index < -0.39 is 5.41 Å². The Morgan fingerprint density at radius 1 is 0.479 bits per heavy atom. The van der Waals surface area contributed by atoms with E-state index in [-0.39, 0.29) is 0 Å². The van der Waals surface area contributed by atoms with Gasteiger partial charge in [0.1, 0.15) is 11.2 Å². The van der Waals surface area contributed by atoms with Crippen molar-refractivity contribution in [1.29, 1.82) is 0 Å². The Balaban J connectivity index is 1.42. The van der Waals surface area contributed by atoms with Gasteiger partial charge in [0.2, 0.25) is 0 Å². The topological polar surface area (TPSA) is 26.0 Å². The number of benzene rings is 7. The van der Waals surface area contributed by atoms with Gasteiger partial charge in [0.15, 0.2) is 0 Å². The highest BCUT2D eigenvalue weighted by Crippen LogP contribution is 2.61. The Bertz CT molecular complexity index is 2610. The maximum Gasteiger partial charge on any atom is 0.144 e. The van der Waals surface area contributed by atoms with Gasteiger partial charge in [-0.15, -0.1) is 0 Å². The summed E-state index contributed by atoms with van der Waals surface area (Å²) in [5.74, 6) is 0. The number of pyridine rings is 1. The summed E-state index contributed by atoms with van der Waals surface area (Å²) < 4.78 is 7.03. The number of nitrogens with zero attached hydrogens (tertiary/aromatic N) is 1. The van der Waals surface area contributed by atoms with E-state index in [0.29, 0.717) is 0 Å². The first-order chi connectivity index (χ1) is 23.8. The normalized spacial score (nSPS) is 13.2. The Hall–Kier alpha value is -6.25. The second kappa shape index (κ2) is 10.4. The first kappa shape index (κ1) is 26.9. The van der Waals surface area contributed by atoms with Crippen LogP contribution in [0.4, 0.5) is 0 Å². The largest absolute Gasteiger partial charge is 0.455 e. The number of furan rings is 1. The third-order valence-electron chi connectivity index (χ3n) is 10.2. The highest BCUT2D eigenvalue weighted by atomic mass is 16.3. The Labute approximate surface area is 278 Å². The molecule has 2 heteroatoms. The Morgan fingerprint density at radius 2 is 1.17 bits per heavy atom. The fourth-order valence-electron chi connectivity index (χ4n) is 8.23. The van der Waals surface area contributed by atoms with Crippen LogP contribution < -0.4 is 0 Å². The van der Waals surface area contributed by atoms with Crippen LogP contribution in [0, 0.1) is 0 Å². The standard InChI is InChI=1S/C46H29NO/c1-3-17-34(18-4-1)46(35-19-5-2-6-20-35)39-25-24-30-13-7-8-21-36(30)43(39)44-40(46)28-38(42-37-22-9-10-23-41(37)48-45(42)44)32-15-11-14-31(27-32)33-16-12-26-47-29-33/h1-29H. The number of para-hydroxylation sites is 1. The molecule has 0 aliphatic heterocycles. The molecule has 1 aliphatic carbocycles. The predicted octanol–water partition coefficient (Wildman–Crippen LogP) is 11.8. The quantitative estimate of drug-likeness (QED) is 0.198. The third kappa shape index (κ3) is 3.72. The zero-order valence-corrected chi connectivity index (χ0v) is 26.1. The number of hydrogen-bond donors (Lipinski definition) is 0. The maximum atomic E-state index is 7.03. The summed E-state index contributed by atoms with van der Waals surface area (Å²) in [4.78, 5) is 4.41. The molecular formula is C46H29NO. The lowest BCUT2D eigenvalue weighted by atomic mass is 9.67. The first-order valence-corrected chi connectivity index (χ1v) is 16.5. The van der Waals surface area contributed by atoms with Crippen LogP contribution in [0.1, 0.15) is 22.3 Å². The lowest BCUT2D eigenvalue weighted by Gasteiger charge is -2.34. The molecular weight excluding hydrogens is 583 g/mol. The van der Waals surface area contributed by atoms with Gasteiger partial charge in [-0.2, -0.15) is 0 Å². The summed E-state index contributed by atoms with van der Waals surface area (Å²) in [5, 5.41) is 4.72. The summed E-state index contributed by atoms with van der Waals surface area (Å²) >= 11 is 0. The second-order valence-electron chi connectivity index (χ2n) is 12.7. The molecule has 7 aromatic carbocycles. The molecule has 2 heterocycles. The summed E-state index contributed by atoms with van der Waals surface area (Å²) in [6, 6.07) is 59.3. The zero-order chi connectivity index (χ0) is 31.7. The van der Waals surface area contributed by atoms with Crippen molar-refractivity contribution in [2.45, 2.75) is 5.41 Å². The van der Waals surface area contributed by atoms with E-state index in [2.05, 4.69) is 163 Å². The van der Waals surface area contributed by atoms with Crippen LogP contribution in [-0.4, -0.2) is 4.98 Å². The van der Waals surface area contributed by atoms with E-state index in [4.69, 9.17) is 4.42 Å². The van der Waals surface area contributed by atoms with Crippen LogP contribution in [0.15, 0.2) is 181 Å². The average Bonchev–Trinajstić information content (AvgIpc) is 3.70. The average molecular weight is 612 g/mol. The summed E-state index contributed by atoms with van der Waals surface area (Å²) in [6.07, 6.45) is 3.76. The predicted molar refractivity (Wildman–Crippen MR) is 197 cm³/mol. The smallest absolute Gasteiger partial charge is 0.144 e. The molecule has 10 rings (SSSR count). The highest BCUT2D eigenvalue weighted by molar-refractivity contribution is 6.21. The van der Waals surface area contributed by atoms with Gasteiger partial charge in [-0.05, 0) is 79.5 Å². The van der Waals surface area contributed by atoms with Gasteiger partial charge >= 0.3 is 0 Å². The molecule has 0 saturated heterocycles.